The standard InChI is InChI=1S/C16H17FN2O3S2/c17-13-5-1-4-12(10-13)16(20)18-11-14-6-2-8-19(14)24(21,22)15-7-3-9-23-15/h1,3-5,7,9-10,14H,2,6,8,11H2,(H,18,20). The largest absolute Gasteiger partial charge is 0.350 e. The van der Waals surface area contributed by atoms with Crippen molar-refractivity contribution in [3.05, 3.63) is 53.2 Å². The van der Waals surface area contributed by atoms with E-state index in [4.69, 9.17) is 0 Å². The van der Waals surface area contributed by atoms with Crippen molar-refractivity contribution < 1.29 is 17.6 Å². The Morgan fingerprint density at radius 1 is 1.33 bits per heavy atom. The van der Waals surface area contributed by atoms with Gasteiger partial charge in [-0.25, -0.2) is 12.8 Å². The first-order chi connectivity index (χ1) is 11.5. The lowest BCUT2D eigenvalue weighted by atomic mass is 10.2. The Kier molecular flexibility index (Phi) is 4.98. The van der Waals surface area contributed by atoms with Gasteiger partial charge in [0.25, 0.3) is 15.9 Å². The van der Waals surface area contributed by atoms with E-state index < -0.39 is 21.7 Å². The van der Waals surface area contributed by atoms with Crippen molar-refractivity contribution in [3.63, 3.8) is 0 Å². The fraction of sp³-hybridized carbons (Fsp3) is 0.312. The topological polar surface area (TPSA) is 66.5 Å². The molecule has 1 aromatic carbocycles. The molecule has 2 heterocycles. The quantitative estimate of drug-likeness (QED) is 0.882. The molecule has 128 valence electrons. The monoisotopic (exact) mass is 368 g/mol. The van der Waals surface area contributed by atoms with Crippen LogP contribution in [0, 0.1) is 5.82 Å². The molecule has 0 saturated carbocycles. The van der Waals surface area contributed by atoms with Crippen molar-refractivity contribution >= 4 is 27.3 Å². The van der Waals surface area contributed by atoms with Crippen LogP contribution in [0.5, 0.6) is 0 Å². The molecular weight excluding hydrogens is 351 g/mol. The van der Waals surface area contributed by atoms with Crippen LogP contribution in [-0.4, -0.2) is 37.8 Å². The van der Waals surface area contributed by atoms with Gasteiger partial charge in [0.1, 0.15) is 10.0 Å². The molecule has 1 aromatic heterocycles. The highest BCUT2D eigenvalue weighted by Gasteiger charge is 2.35. The zero-order chi connectivity index (χ0) is 17.2. The van der Waals surface area contributed by atoms with Crippen LogP contribution in [0.2, 0.25) is 0 Å². The van der Waals surface area contributed by atoms with E-state index in [1.54, 1.807) is 17.5 Å². The number of hydrogen-bond donors (Lipinski definition) is 1. The van der Waals surface area contributed by atoms with Gasteiger partial charge in [-0.05, 0) is 42.5 Å². The van der Waals surface area contributed by atoms with Gasteiger partial charge in [0.15, 0.2) is 0 Å². The second kappa shape index (κ2) is 7.00. The van der Waals surface area contributed by atoms with E-state index in [0.717, 1.165) is 12.5 Å². The predicted molar refractivity (Wildman–Crippen MR) is 90.0 cm³/mol. The van der Waals surface area contributed by atoms with Gasteiger partial charge < -0.3 is 5.32 Å². The first-order valence-corrected chi connectivity index (χ1v) is 9.89. The summed E-state index contributed by atoms with van der Waals surface area (Å²) >= 11 is 1.18. The Bertz CT molecular complexity index is 822. The number of amides is 1. The smallest absolute Gasteiger partial charge is 0.252 e. The maximum atomic E-state index is 13.2. The average Bonchev–Trinajstić information content (AvgIpc) is 3.24. The second-order valence-electron chi connectivity index (χ2n) is 5.56. The maximum absolute atomic E-state index is 13.2. The maximum Gasteiger partial charge on any atom is 0.252 e. The fourth-order valence-corrected chi connectivity index (χ4v) is 5.61. The molecule has 8 heteroatoms. The number of nitrogens with one attached hydrogen (secondary N) is 1. The zero-order valence-electron chi connectivity index (χ0n) is 12.8. The minimum atomic E-state index is -3.52. The highest BCUT2D eigenvalue weighted by atomic mass is 32.2. The van der Waals surface area contributed by atoms with Crippen molar-refractivity contribution in [2.24, 2.45) is 0 Å². The molecule has 0 spiro atoms. The molecule has 2 aromatic rings. The first kappa shape index (κ1) is 17.1. The molecule has 5 nitrogen and oxygen atoms in total. The second-order valence-corrected chi connectivity index (χ2v) is 8.63. The Morgan fingerprint density at radius 3 is 2.88 bits per heavy atom. The number of halogens is 1. The van der Waals surface area contributed by atoms with E-state index in [-0.39, 0.29) is 18.2 Å². The van der Waals surface area contributed by atoms with Crippen LogP contribution in [0.3, 0.4) is 0 Å². The Morgan fingerprint density at radius 2 is 2.17 bits per heavy atom. The first-order valence-electron chi connectivity index (χ1n) is 7.57. The summed E-state index contributed by atoms with van der Waals surface area (Å²) in [5.74, 6) is -0.889. The summed E-state index contributed by atoms with van der Waals surface area (Å²) in [6, 6.07) is 8.41. The summed E-state index contributed by atoms with van der Waals surface area (Å²) in [5, 5.41) is 4.43. The average molecular weight is 368 g/mol. The molecule has 1 fully saturated rings. The van der Waals surface area contributed by atoms with E-state index in [2.05, 4.69) is 5.32 Å². The van der Waals surface area contributed by atoms with Gasteiger partial charge in [0, 0.05) is 24.7 Å². The van der Waals surface area contributed by atoms with E-state index >= 15 is 0 Å². The highest BCUT2D eigenvalue weighted by molar-refractivity contribution is 7.91. The van der Waals surface area contributed by atoms with Crippen LogP contribution >= 0.6 is 11.3 Å². The molecule has 0 aliphatic carbocycles. The Labute approximate surface area is 144 Å². The third-order valence-corrected chi connectivity index (χ3v) is 7.29. The van der Waals surface area contributed by atoms with Gasteiger partial charge in [-0.1, -0.05) is 12.1 Å². The molecular formula is C16H17FN2O3S2. The van der Waals surface area contributed by atoms with Crippen LogP contribution in [0.25, 0.3) is 0 Å². The Hall–Kier alpha value is -1.77. The molecule has 0 radical (unpaired) electrons. The highest BCUT2D eigenvalue weighted by Crippen LogP contribution is 2.28. The fourth-order valence-electron chi connectivity index (χ4n) is 2.80. The summed E-state index contributed by atoms with van der Waals surface area (Å²) in [7, 11) is -3.52. The number of hydrogen-bond acceptors (Lipinski definition) is 4. The van der Waals surface area contributed by atoms with Gasteiger partial charge in [-0.15, -0.1) is 11.3 Å². The van der Waals surface area contributed by atoms with Crippen LogP contribution in [0.15, 0.2) is 46.0 Å². The number of carbonyl (C=O) groups is 1. The SMILES string of the molecule is O=C(NCC1CCCN1S(=O)(=O)c1cccs1)c1cccc(F)c1. The molecule has 1 N–H and O–H groups in total. The van der Waals surface area contributed by atoms with Crippen LogP contribution < -0.4 is 5.32 Å². The summed E-state index contributed by atoms with van der Waals surface area (Å²) in [4.78, 5) is 12.1. The molecule has 24 heavy (non-hydrogen) atoms. The summed E-state index contributed by atoms with van der Waals surface area (Å²) < 4.78 is 40.2. The molecule has 1 saturated heterocycles. The van der Waals surface area contributed by atoms with Gasteiger partial charge in [0.2, 0.25) is 0 Å². The number of nitrogens with zero attached hydrogens (tertiary/aromatic N) is 1. The lowest BCUT2D eigenvalue weighted by molar-refractivity contribution is 0.0946. The van der Waals surface area contributed by atoms with Gasteiger partial charge in [-0.2, -0.15) is 4.31 Å². The molecule has 1 aliphatic heterocycles. The third-order valence-electron chi connectivity index (χ3n) is 3.97. The van der Waals surface area contributed by atoms with Gasteiger partial charge in [0.05, 0.1) is 0 Å². The summed E-state index contributed by atoms with van der Waals surface area (Å²) in [5.41, 5.74) is 0.223. The molecule has 1 amide bonds. The van der Waals surface area contributed by atoms with Crippen molar-refractivity contribution in [2.45, 2.75) is 23.1 Å². The number of carbonyl (C=O) groups excluding carboxylic acids is 1. The van der Waals surface area contributed by atoms with E-state index in [0.29, 0.717) is 17.2 Å². The normalized spacial score (nSPS) is 18.6. The van der Waals surface area contributed by atoms with E-state index in [1.165, 1.54) is 33.8 Å². The van der Waals surface area contributed by atoms with Crippen molar-refractivity contribution in [2.75, 3.05) is 13.1 Å². The zero-order valence-corrected chi connectivity index (χ0v) is 14.4. The number of sulfonamides is 1. The molecule has 1 atom stereocenters. The van der Waals surface area contributed by atoms with Crippen LogP contribution in [0.4, 0.5) is 4.39 Å². The van der Waals surface area contributed by atoms with Crippen molar-refractivity contribution in [1.82, 2.24) is 9.62 Å². The minimum Gasteiger partial charge on any atom is -0.350 e. The van der Waals surface area contributed by atoms with Crippen LogP contribution in [-0.2, 0) is 10.0 Å². The van der Waals surface area contributed by atoms with Crippen molar-refractivity contribution in [3.8, 4) is 0 Å². The Balaban J connectivity index is 1.68. The van der Waals surface area contributed by atoms with E-state index in [1.807, 2.05) is 0 Å². The van der Waals surface area contributed by atoms with Gasteiger partial charge in [-0.3, -0.25) is 4.79 Å². The predicted octanol–water partition coefficient (Wildman–Crippen LogP) is 2.47. The number of rotatable bonds is 5. The molecule has 1 unspecified atom stereocenters. The number of benzene rings is 1. The lowest BCUT2D eigenvalue weighted by Crippen LogP contribution is -2.42. The molecule has 3 rings (SSSR count). The van der Waals surface area contributed by atoms with E-state index in [9.17, 15) is 17.6 Å². The lowest BCUT2D eigenvalue weighted by Gasteiger charge is -2.23. The van der Waals surface area contributed by atoms with Crippen molar-refractivity contribution in [1.29, 1.82) is 0 Å². The van der Waals surface area contributed by atoms with Gasteiger partial charge >= 0.3 is 0 Å². The molecule has 1 aliphatic rings. The summed E-state index contributed by atoms with van der Waals surface area (Å²) in [6.07, 6.45) is 1.44. The third kappa shape index (κ3) is 3.50. The summed E-state index contributed by atoms with van der Waals surface area (Å²) in [6.45, 7) is 0.653. The molecule has 0 bridgehead atoms. The number of thiophene rings is 1. The van der Waals surface area contributed by atoms with Crippen LogP contribution in [0.1, 0.15) is 23.2 Å². The minimum absolute atomic E-state index is 0.208.